The van der Waals surface area contributed by atoms with Gasteiger partial charge in [0, 0.05) is 71.0 Å². The van der Waals surface area contributed by atoms with Crippen LogP contribution in [0.3, 0.4) is 0 Å². The molecule has 3 N–H and O–H groups in total. The molecule has 0 aliphatic carbocycles. The third kappa shape index (κ3) is 4.77. The molecule has 0 atom stereocenters. The SMILES string of the molecule is Cc1cnc(Nc2ccc(N3CCN(C)CC3)cc2)nc1Nc1ccc(CI)c2[nH]ccc12. The number of aromatic amines is 1. The first-order valence-electron chi connectivity index (χ1n) is 11.2. The van der Waals surface area contributed by atoms with Crippen molar-refractivity contribution in [3.63, 3.8) is 0 Å². The number of rotatable bonds is 6. The number of fused-ring (bicyclic) bond motifs is 1. The summed E-state index contributed by atoms with van der Waals surface area (Å²) >= 11 is 2.40. The van der Waals surface area contributed by atoms with Crippen LogP contribution in [0.5, 0.6) is 0 Å². The predicted octanol–water partition coefficient (Wildman–Crippen LogP) is 5.44. The molecule has 0 spiro atoms. The predicted molar refractivity (Wildman–Crippen MR) is 146 cm³/mol. The summed E-state index contributed by atoms with van der Waals surface area (Å²) in [5, 5.41) is 8.02. The zero-order valence-electron chi connectivity index (χ0n) is 18.9. The van der Waals surface area contributed by atoms with Gasteiger partial charge in [0.2, 0.25) is 5.95 Å². The molecular formula is C25H28IN7. The first kappa shape index (κ1) is 22.0. The summed E-state index contributed by atoms with van der Waals surface area (Å²) in [5.41, 5.74) is 6.72. The number of likely N-dealkylation sites (N-methyl/N-ethyl adjacent to an activating group) is 1. The number of anilines is 5. The Labute approximate surface area is 207 Å². The zero-order chi connectivity index (χ0) is 22.8. The van der Waals surface area contributed by atoms with Crippen molar-refractivity contribution in [2.24, 2.45) is 0 Å². The first-order chi connectivity index (χ1) is 16.1. The average Bonchev–Trinajstić information content (AvgIpc) is 3.33. The van der Waals surface area contributed by atoms with Gasteiger partial charge in [0.1, 0.15) is 5.82 Å². The van der Waals surface area contributed by atoms with E-state index in [4.69, 9.17) is 4.98 Å². The fourth-order valence-corrected chi connectivity index (χ4v) is 4.78. The van der Waals surface area contributed by atoms with Gasteiger partial charge in [0.05, 0.1) is 5.52 Å². The molecule has 0 bridgehead atoms. The van der Waals surface area contributed by atoms with Gasteiger partial charge < -0.3 is 25.4 Å². The Morgan fingerprint density at radius 1 is 1.00 bits per heavy atom. The molecule has 1 aliphatic heterocycles. The first-order valence-corrected chi connectivity index (χ1v) is 12.7. The number of nitrogens with one attached hydrogen (secondary N) is 3. The lowest BCUT2D eigenvalue weighted by Gasteiger charge is -2.34. The normalized spacial score (nSPS) is 14.6. The smallest absolute Gasteiger partial charge is 0.229 e. The van der Waals surface area contributed by atoms with Gasteiger partial charge in [-0.1, -0.05) is 28.7 Å². The van der Waals surface area contributed by atoms with E-state index in [9.17, 15) is 0 Å². The highest BCUT2D eigenvalue weighted by molar-refractivity contribution is 14.1. The summed E-state index contributed by atoms with van der Waals surface area (Å²) in [6.07, 6.45) is 3.83. The van der Waals surface area contributed by atoms with E-state index in [0.717, 1.165) is 58.7 Å². The maximum atomic E-state index is 4.76. The minimum atomic E-state index is 0.574. The Bertz CT molecular complexity index is 1240. The Balaban J connectivity index is 1.33. The number of H-pyrrole nitrogens is 1. The fourth-order valence-electron chi connectivity index (χ4n) is 4.14. The maximum Gasteiger partial charge on any atom is 0.229 e. The van der Waals surface area contributed by atoms with E-state index in [2.05, 4.69) is 103 Å². The van der Waals surface area contributed by atoms with Crippen molar-refractivity contribution in [1.29, 1.82) is 0 Å². The molecule has 7 nitrogen and oxygen atoms in total. The van der Waals surface area contributed by atoms with E-state index < -0.39 is 0 Å². The molecule has 2 aromatic carbocycles. The van der Waals surface area contributed by atoms with Crippen LogP contribution < -0.4 is 15.5 Å². The monoisotopic (exact) mass is 553 g/mol. The molecule has 0 unspecified atom stereocenters. The molecule has 8 heteroatoms. The average molecular weight is 553 g/mol. The molecule has 0 saturated carbocycles. The molecular weight excluding hydrogens is 525 g/mol. The standard InChI is InChI=1S/C25H28IN7/c1-17-16-28-25(29-19-4-6-20(7-5-19)33-13-11-32(2)12-14-33)31-24(17)30-22-8-3-18(15-26)23-21(22)9-10-27-23/h3-10,16,27H,11-15H2,1-2H3,(H2,28,29,30,31). The zero-order valence-corrected chi connectivity index (χ0v) is 21.1. The Hall–Kier alpha value is -2.85. The van der Waals surface area contributed by atoms with Gasteiger partial charge in [-0.25, -0.2) is 4.98 Å². The van der Waals surface area contributed by atoms with Crippen molar-refractivity contribution in [2.75, 3.05) is 48.8 Å². The van der Waals surface area contributed by atoms with Crippen LogP contribution in [0.4, 0.5) is 28.8 Å². The molecule has 1 aliphatic rings. The second-order valence-electron chi connectivity index (χ2n) is 8.48. The van der Waals surface area contributed by atoms with E-state index >= 15 is 0 Å². The third-order valence-corrected chi connectivity index (χ3v) is 6.99. The van der Waals surface area contributed by atoms with Crippen LogP contribution in [0.1, 0.15) is 11.1 Å². The number of aryl methyl sites for hydroxylation is 1. The molecule has 170 valence electrons. The number of alkyl halides is 1. The number of nitrogens with zero attached hydrogens (tertiary/aromatic N) is 4. The van der Waals surface area contributed by atoms with E-state index in [1.165, 1.54) is 16.8 Å². The third-order valence-electron chi connectivity index (χ3n) is 6.17. The number of hydrogen-bond acceptors (Lipinski definition) is 6. The number of halogens is 1. The van der Waals surface area contributed by atoms with Crippen LogP contribution in [0.15, 0.2) is 54.9 Å². The van der Waals surface area contributed by atoms with Gasteiger partial charge in [-0.2, -0.15) is 4.98 Å². The highest BCUT2D eigenvalue weighted by Gasteiger charge is 2.14. The van der Waals surface area contributed by atoms with Crippen LogP contribution in [0, 0.1) is 6.92 Å². The molecule has 3 heterocycles. The van der Waals surface area contributed by atoms with Gasteiger partial charge in [-0.05, 0) is 55.9 Å². The second-order valence-corrected chi connectivity index (χ2v) is 9.25. The van der Waals surface area contributed by atoms with Crippen LogP contribution in [-0.2, 0) is 4.43 Å². The second kappa shape index (κ2) is 9.56. The van der Waals surface area contributed by atoms with Crippen molar-refractivity contribution >= 4 is 62.3 Å². The Morgan fingerprint density at radius 2 is 1.79 bits per heavy atom. The van der Waals surface area contributed by atoms with Crippen molar-refractivity contribution in [2.45, 2.75) is 11.4 Å². The lowest BCUT2D eigenvalue weighted by molar-refractivity contribution is 0.313. The number of piperazine rings is 1. The fraction of sp³-hybridized carbons (Fsp3) is 0.280. The quantitative estimate of drug-likeness (QED) is 0.218. The number of benzene rings is 2. The molecule has 5 rings (SSSR count). The minimum Gasteiger partial charge on any atom is -0.369 e. The van der Waals surface area contributed by atoms with E-state index in [1.54, 1.807) is 0 Å². The van der Waals surface area contributed by atoms with Crippen LogP contribution in [-0.4, -0.2) is 53.1 Å². The summed E-state index contributed by atoms with van der Waals surface area (Å²) < 4.78 is 0.962. The largest absolute Gasteiger partial charge is 0.369 e. The molecule has 0 radical (unpaired) electrons. The molecule has 2 aromatic heterocycles. The number of aromatic nitrogens is 3. The summed E-state index contributed by atoms with van der Waals surface area (Å²) in [7, 11) is 2.18. The van der Waals surface area contributed by atoms with Gasteiger partial charge in [-0.15, -0.1) is 0 Å². The number of hydrogen-bond donors (Lipinski definition) is 3. The topological polar surface area (TPSA) is 72.1 Å². The van der Waals surface area contributed by atoms with Crippen molar-refractivity contribution < 1.29 is 0 Å². The Kier molecular flexibility index (Phi) is 6.37. The van der Waals surface area contributed by atoms with Crippen molar-refractivity contribution in [3.8, 4) is 0 Å². The molecule has 4 aromatic rings. The highest BCUT2D eigenvalue weighted by atomic mass is 127. The van der Waals surface area contributed by atoms with Crippen molar-refractivity contribution in [3.05, 3.63) is 66.0 Å². The minimum absolute atomic E-state index is 0.574. The van der Waals surface area contributed by atoms with Crippen LogP contribution in [0.25, 0.3) is 10.9 Å². The lowest BCUT2D eigenvalue weighted by atomic mass is 10.1. The maximum absolute atomic E-state index is 4.76. The summed E-state index contributed by atoms with van der Waals surface area (Å²) in [6.45, 7) is 6.34. The summed E-state index contributed by atoms with van der Waals surface area (Å²) in [4.78, 5) is 17.4. The summed E-state index contributed by atoms with van der Waals surface area (Å²) in [6, 6.07) is 14.9. The summed E-state index contributed by atoms with van der Waals surface area (Å²) in [5.74, 6) is 1.37. The van der Waals surface area contributed by atoms with Crippen LogP contribution >= 0.6 is 22.6 Å². The van der Waals surface area contributed by atoms with Crippen LogP contribution in [0.2, 0.25) is 0 Å². The Morgan fingerprint density at radius 3 is 2.55 bits per heavy atom. The van der Waals surface area contributed by atoms with Gasteiger partial charge in [0.15, 0.2) is 0 Å². The lowest BCUT2D eigenvalue weighted by Crippen LogP contribution is -2.44. The molecule has 1 saturated heterocycles. The van der Waals surface area contributed by atoms with E-state index in [1.807, 2.05) is 19.3 Å². The molecule has 33 heavy (non-hydrogen) atoms. The molecule has 1 fully saturated rings. The van der Waals surface area contributed by atoms with Gasteiger partial charge >= 0.3 is 0 Å². The van der Waals surface area contributed by atoms with E-state index in [0.29, 0.717) is 5.95 Å². The highest BCUT2D eigenvalue weighted by Crippen LogP contribution is 2.30. The van der Waals surface area contributed by atoms with Gasteiger partial charge in [0.25, 0.3) is 0 Å². The molecule has 0 amide bonds. The van der Waals surface area contributed by atoms with Gasteiger partial charge in [-0.3, -0.25) is 0 Å². The van der Waals surface area contributed by atoms with Crippen molar-refractivity contribution in [1.82, 2.24) is 19.9 Å². The van der Waals surface area contributed by atoms with E-state index in [-0.39, 0.29) is 0 Å².